The van der Waals surface area contributed by atoms with Gasteiger partial charge in [0.05, 0.1) is 13.0 Å². The second-order valence-corrected chi connectivity index (χ2v) is 3.57. The van der Waals surface area contributed by atoms with Crippen molar-refractivity contribution in [2.45, 2.75) is 12.5 Å². The Hall–Kier alpha value is -0.830. The molecular weight excluding hydrogens is 154 g/mol. The van der Waals surface area contributed by atoms with Crippen molar-refractivity contribution in [2.24, 2.45) is 23.5 Å². The van der Waals surface area contributed by atoms with Crippen molar-refractivity contribution >= 4 is 5.97 Å². The predicted octanol–water partition coefficient (Wildman–Crippen LogP) is 0.309. The second kappa shape index (κ2) is 2.59. The summed E-state index contributed by atoms with van der Waals surface area (Å²) < 4.78 is 4.70. The number of fused-ring (bicyclic) bond motifs is 2. The first kappa shape index (κ1) is 7.80. The molecule has 2 aliphatic carbocycles. The highest BCUT2D eigenvalue weighted by Gasteiger charge is 2.46. The van der Waals surface area contributed by atoms with Crippen molar-refractivity contribution in [1.82, 2.24) is 0 Å². The summed E-state index contributed by atoms with van der Waals surface area (Å²) in [7, 11) is 1.42. The molecule has 1 fully saturated rings. The number of hydrogen-bond donors (Lipinski definition) is 1. The molecule has 2 bridgehead atoms. The molecule has 1 saturated carbocycles. The van der Waals surface area contributed by atoms with Gasteiger partial charge in [-0.3, -0.25) is 4.79 Å². The van der Waals surface area contributed by atoms with E-state index in [4.69, 9.17) is 10.5 Å². The SMILES string of the molecule is COC(=O)C1[C@@H]2C=C[C@@H](C2)[C@H]1N. The topological polar surface area (TPSA) is 52.3 Å². The fourth-order valence-electron chi connectivity index (χ4n) is 2.33. The lowest BCUT2D eigenvalue weighted by Crippen LogP contribution is -2.39. The van der Waals surface area contributed by atoms with Crippen molar-refractivity contribution in [3.8, 4) is 0 Å². The van der Waals surface area contributed by atoms with Gasteiger partial charge in [0.25, 0.3) is 0 Å². The highest BCUT2D eigenvalue weighted by molar-refractivity contribution is 5.75. The molecule has 12 heavy (non-hydrogen) atoms. The molecule has 0 saturated heterocycles. The smallest absolute Gasteiger partial charge is 0.310 e. The normalized spacial score (nSPS) is 43.5. The van der Waals surface area contributed by atoms with E-state index in [0.29, 0.717) is 11.8 Å². The van der Waals surface area contributed by atoms with Crippen molar-refractivity contribution < 1.29 is 9.53 Å². The Kier molecular flexibility index (Phi) is 1.68. The fraction of sp³-hybridized carbons (Fsp3) is 0.667. The van der Waals surface area contributed by atoms with E-state index in [-0.39, 0.29) is 17.9 Å². The van der Waals surface area contributed by atoms with Gasteiger partial charge >= 0.3 is 5.97 Å². The molecule has 0 spiro atoms. The van der Waals surface area contributed by atoms with Gasteiger partial charge in [-0.1, -0.05) is 12.2 Å². The molecule has 0 aromatic heterocycles. The number of allylic oxidation sites excluding steroid dienone is 1. The van der Waals surface area contributed by atoms with Gasteiger partial charge in [0, 0.05) is 6.04 Å². The number of hydrogen-bond acceptors (Lipinski definition) is 3. The molecule has 1 unspecified atom stereocenters. The van der Waals surface area contributed by atoms with Crippen LogP contribution < -0.4 is 5.73 Å². The fourth-order valence-corrected chi connectivity index (χ4v) is 2.33. The van der Waals surface area contributed by atoms with Gasteiger partial charge in [0.1, 0.15) is 0 Å². The number of ether oxygens (including phenoxy) is 1. The third-order valence-corrected chi connectivity index (χ3v) is 2.99. The minimum atomic E-state index is -0.153. The van der Waals surface area contributed by atoms with Crippen LogP contribution in [0.4, 0.5) is 0 Å². The molecule has 66 valence electrons. The first-order chi connectivity index (χ1) is 5.74. The van der Waals surface area contributed by atoms with E-state index in [2.05, 4.69) is 12.2 Å². The van der Waals surface area contributed by atoms with E-state index in [1.54, 1.807) is 0 Å². The van der Waals surface area contributed by atoms with Crippen LogP contribution in [0.5, 0.6) is 0 Å². The second-order valence-electron chi connectivity index (χ2n) is 3.57. The quantitative estimate of drug-likeness (QED) is 0.451. The van der Waals surface area contributed by atoms with Gasteiger partial charge in [-0.25, -0.2) is 0 Å². The molecule has 3 nitrogen and oxygen atoms in total. The van der Waals surface area contributed by atoms with Gasteiger partial charge < -0.3 is 10.5 Å². The summed E-state index contributed by atoms with van der Waals surface area (Å²) in [6.07, 6.45) is 5.24. The number of methoxy groups -OCH3 is 1. The standard InChI is InChI=1S/C9H13NO2/c1-12-9(11)7-5-2-3-6(4-5)8(7)10/h2-3,5-8H,4,10H2,1H3/t5-,6+,7?,8-/m1/s1. The Balaban J connectivity index is 2.18. The highest BCUT2D eigenvalue weighted by Crippen LogP contribution is 2.42. The van der Waals surface area contributed by atoms with Crippen molar-refractivity contribution in [2.75, 3.05) is 7.11 Å². The highest BCUT2D eigenvalue weighted by atomic mass is 16.5. The summed E-state index contributed by atoms with van der Waals surface area (Å²) in [5.41, 5.74) is 5.89. The van der Waals surface area contributed by atoms with Crippen LogP contribution in [0.15, 0.2) is 12.2 Å². The Bertz CT molecular complexity index is 237. The van der Waals surface area contributed by atoms with Crippen molar-refractivity contribution in [1.29, 1.82) is 0 Å². The van der Waals surface area contributed by atoms with Crippen LogP contribution in [0, 0.1) is 17.8 Å². The number of esters is 1. The van der Waals surface area contributed by atoms with Crippen LogP contribution in [0.2, 0.25) is 0 Å². The molecule has 3 heteroatoms. The van der Waals surface area contributed by atoms with Crippen molar-refractivity contribution in [3.05, 3.63) is 12.2 Å². The molecule has 2 N–H and O–H groups in total. The average Bonchev–Trinajstić information content (AvgIpc) is 2.63. The van der Waals surface area contributed by atoms with Crippen LogP contribution in [-0.4, -0.2) is 19.1 Å². The van der Waals surface area contributed by atoms with Gasteiger partial charge in [-0.05, 0) is 18.3 Å². The molecule has 2 aliphatic rings. The summed E-state index contributed by atoms with van der Waals surface area (Å²) in [6.45, 7) is 0. The molecule has 0 aliphatic heterocycles. The van der Waals surface area contributed by atoms with Crippen LogP contribution in [0.1, 0.15) is 6.42 Å². The van der Waals surface area contributed by atoms with Crippen LogP contribution in [-0.2, 0) is 9.53 Å². The Morgan fingerprint density at radius 2 is 2.17 bits per heavy atom. The number of carbonyl (C=O) groups is 1. The number of nitrogens with two attached hydrogens (primary N) is 1. The third kappa shape index (κ3) is 0.894. The molecular formula is C9H13NO2. The van der Waals surface area contributed by atoms with Gasteiger partial charge in [0.2, 0.25) is 0 Å². The van der Waals surface area contributed by atoms with E-state index in [0.717, 1.165) is 6.42 Å². The minimum Gasteiger partial charge on any atom is -0.469 e. The lowest BCUT2D eigenvalue weighted by molar-refractivity contribution is -0.146. The zero-order valence-electron chi connectivity index (χ0n) is 7.07. The minimum absolute atomic E-state index is 0.0209. The molecule has 0 amide bonds. The zero-order chi connectivity index (χ0) is 8.72. The Morgan fingerprint density at radius 3 is 2.67 bits per heavy atom. The number of rotatable bonds is 1. The van der Waals surface area contributed by atoms with Gasteiger partial charge in [-0.2, -0.15) is 0 Å². The van der Waals surface area contributed by atoms with Crippen LogP contribution >= 0.6 is 0 Å². The molecule has 2 rings (SSSR count). The lowest BCUT2D eigenvalue weighted by Gasteiger charge is -2.21. The molecule has 0 heterocycles. The van der Waals surface area contributed by atoms with E-state index >= 15 is 0 Å². The predicted molar refractivity (Wildman–Crippen MR) is 44.2 cm³/mol. The number of carbonyl (C=O) groups excluding carboxylic acids is 1. The summed E-state index contributed by atoms with van der Waals surface area (Å²) in [5.74, 6) is 0.487. The monoisotopic (exact) mass is 167 g/mol. The molecule has 0 aromatic carbocycles. The summed E-state index contributed by atoms with van der Waals surface area (Å²) >= 11 is 0. The lowest BCUT2D eigenvalue weighted by atomic mass is 9.90. The Labute approximate surface area is 71.6 Å². The summed E-state index contributed by atoms with van der Waals surface area (Å²) in [4.78, 5) is 11.3. The first-order valence-corrected chi connectivity index (χ1v) is 4.26. The largest absolute Gasteiger partial charge is 0.469 e. The van der Waals surface area contributed by atoms with E-state index < -0.39 is 0 Å². The van der Waals surface area contributed by atoms with Crippen LogP contribution in [0.25, 0.3) is 0 Å². The Morgan fingerprint density at radius 1 is 1.50 bits per heavy atom. The van der Waals surface area contributed by atoms with E-state index in [1.807, 2.05) is 0 Å². The van der Waals surface area contributed by atoms with Gasteiger partial charge in [0.15, 0.2) is 0 Å². The van der Waals surface area contributed by atoms with Crippen LogP contribution in [0.3, 0.4) is 0 Å². The molecule has 0 radical (unpaired) electrons. The average molecular weight is 167 g/mol. The maximum atomic E-state index is 11.3. The van der Waals surface area contributed by atoms with E-state index in [9.17, 15) is 4.79 Å². The third-order valence-electron chi connectivity index (χ3n) is 2.99. The van der Waals surface area contributed by atoms with Gasteiger partial charge in [-0.15, -0.1) is 0 Å². The first-order valence-electron chi connectivity index (χ1n) is 4.26. The molecule has 4 atom stereocenters. The zero-order valence-corrected chi connectivity index (χ0v) is 7.07. The van der Waals surface area contributed by atoms with E-state index in [1.165, 1.54) is 7.11 Å². The summed E-state index contributed by atoms with van der Waals surface area (Å²) in [6, 6.07) is -0.0209. The maximum Gasteiger partial charge on any atom is 0.310 e. The molecule has 0 aromatic rings. The maximum absolute atomic E-state index is 11.3. The summed E-state index contributed by atoms with van der Waals surface area (Å²) in [5, 5.41) is 0. The van der Waals surface area contributed by atoms with Crippen molar-refractivity contribution in [3.63, 3.8) is 0 Å².